The molecule has 4 nitrogen and oxygen atoms in total. The van der Waals surface area contributed by atoms with E-state index in [2.05, 4.69) is 31.3 Å². The molecule has 1 aromatic carbocycles. The van der Waals surface area contributed by atoms with Crippen LogP contribution in [0.5, 0.6) is 0 Å². The van der Waals surface area contributed by atoms with Gasteiger partial charge in [0.25, 0.3) is 0 Å². The SMILES string of the molecule is CC(C)c1ccc(C(N)CNC(=O)C2(N)CC2)cc1. The van der Waals surface area contributed by atoms with Crippen LogP contribution in [0.2, 0.25) is 0 Å². The Labute approximate surface area is 114 Å². The number of rotatable bonds is 5. The normalized spacial score (nSPS) is 18.2. The molecule has 104 valence electrons. The summed E-state index contributed by atoms with van der Waals surface area (Å²) in [7, 11) is 0. The van der Waals surface area contributed by atoms with E-state index in [0.717, 1.165) is 18.4 Å². The summed E-state index contributed by atoms with van der Waals surface area (Å²) in [5.74, 6) is 0.429. The summed E-state index contributed by atoms with van der Waals surface area (Å²) in [5.41, 5.74) is 13.6. The van der Waals surface area contributed by atoms with E-state index in [0.29, 0.717) is 12.5 Å². The lowest BCUT2D eigenvalue weighted by Crippen LogP contribution is -2.44. The van der Waals surface area contributed by atoms with Crippen LogP contribution in [-0.2, 0) is 4.79 Å². The highest BCUT2D eigenvalue weighted by molar-refractivity contribution is 5.88. The standard InChI is InChI=1S/C15H23N3O/c1-10(2)11-3-5-12(6-4-11)13(16)9-18-14(19)15(17)7-8-15/h3-6,10,13H,7-9,16-17H2,1-2H3,(H,18,19). The Morgan fingerprint density at radius 3 is 2.26 bits per heavy atom. The lowest BCUT2D eigenvalue weighted by molar-refractivity contribution is -0.123. The van der Waals surface area contributed by atoms with E-state index in [4.69, 9.17) is 11.5 Å². The molecule has 0 aliphatic heterocycles. The molecule has 0 aromatic heterocycles. The van der Waals surface area contributed by atoms with Crippen molar-refractivity contribution < 1.29 is 4.79 Å². The summed E-state index contributed by atoms with van der Waals surface area (Å²) in [4.78, 5) is 11.7. The molecule has 0 spiro atoms. The summed E-state index contributed by atoms with van der Waals surface area (Å²) >= 11 is 0. The maximum atomic E-state index is 11.7. The molecule has 4 heteroatoms. The molecule has 1 atom stereocenters. The maximum absolute atomic E-state index is 11.7. The van der Waals surface area contributed by atoms with E-state index in [-0.39, 0.29) is 11.9 Å². The van der Waals surface area contributed by atoms with Gasteiger partial charge in [-0.1, -0.05) is 38.1 Å². The van der Waals surface area contributed by atoms with Gasteiger partial charge in [0.1, 0.15) is 0 Å². The first kappa shape index (κ1) is 14.0. The average Bonchev–Trinajstić information content (AvgIpc) is 3.15. The van der Waals surface area contributed by atoms with Gasteiger partial charge in [0, 0.05) is 12.6 Å². The predicted molar refractivity (Wildman–Crippen MR) is 76.6 cm³/mol. The largest absolute Gasteiger partial charge is 0.353 e. The molecule has 1 amide bonds. The van der Waals surface area contributed by atoms with Crippen LogP contribution in [0.15, 0.2) is 24.3 Å². The molecule has 1 aromatic rings. The number of nitrogens with two attached hydrogens (primary N) is 2. The fourth-order valence-corrected chi connectivity index (χ4v) is 1.99. The second kappa shape index (κ2) is 5.31. The van der Waals surface area contributed by atoms with Crippen molar-refractivity contribution >= 4 is 5.91 Å². The number of nitrogens with one attached hydrogen (secondary N) is 1. The molecule has 0 radical (unpaired) electrons. The molecule has 1 unspecified atom stereocenters. The van der Waals surface area contributed by atoms with Crippen LogP contribution in [0, 0.1) is 0 Å². The molecule has 1 aliphatic carbocycles. The number of carbonyl (C=O) groups excluding carboxylic acids is 1. The second-order valence-corrected chi connectivity index (χ2v) is 5.79. The van der Waals surface area contributed by atoms with Crippen molar-refractivity contribution in [1.29, 1.82) is 0 Å². The van der Waals surface area contributed by atoms with Gasteiger partial charge in [-0.25, -0.2) is 0 Å². The van der Waals surface area contributed by atoms with Crippen LogP contribution in [0.1, 0.15) is 49.8 Å². The minimum Gasteiger partial charge on any atom is -0.353 e. The molecule has 0 bridgehead atoms. The molecule has 1 aliphatic rings. The number of carbonyl (C=O) groups is 1. The lowest BCUT2D eigenvalue weighted by atomic mass is 9.99. The molecule has 1 fully saturated rings. The quantitative estimate of drug-likeness (QED) is 0.749. The lowest BCUT2D eigenvalue weighted by Gasteiger charge is -2.16. The van der Waals surface area contributed by atoms with Crippen molar-refractivity contribution in [3.05, 3.63) is 35.4 Å². The molecular formula is C15H23N3O. The van der Waals surface area contributed by atoms with Gasteiger partial charge in [0.2, 0.25) is 5.91 Å². The number of benzene rings is 1. The smallest absolute Gasteiger partial charge is 0.240 e. The van der Waals surface area contributed by atoms with Gasteiger partial charge in [-0.05, 0) is 29.9 Å². The van der Waals surface area contributed by atoms with Gasteiger partial charge >= 0.3 is 0 Å². The Kier molecular flexibility index (Phi) is 3.92. The van der Waals surface area contributed by atoms with E-state index < -0.39 is 5.54 Å². The summed E-state index contributed by atoms with van der Waals surface area (Å²) in [6.07, 6.45) is 1.55. The zero-order valence-corrected chi connectivity index (χ0v) is 11.6. The Bertz CT molecular complexity index is 449. The van der Waals surface area contributed by atoms with Gasteiger partial charge in [-0.3, -0.25) is 4.79 Å². The molecule has 0 heterocycles. The van der Waals surface area contributed by atoms with E-state index >= 15 is 0 Å². The molecule has 1 saturated carbocycles. The molecule has 2 rings (SSSR count). The summed E-state index contributed by atoms with van der Waals surface area (Å²) in [6.45, 7) is 4.75. The summed E-state index contributed by atoms with van der Waals surface area (Å²) < 4.78 is 0. The van der Waals surface area contributed by atoms with Crippen LogP contribution >= 0.6 is 0 Å². The van der Waals surface area contributed by atoms with Crippen molar-refractivity contribution in [3.63, 3.8) is 0 Å². The fourth-order valence-electron chi connectivity index (χ4n) is 1.99. The molecular weight excluding hydrogens is 238 g/mol. The third-order valence-electron chi connectivity index (χ3n) is 3.75. The van der Waals surface area contributed by atoms with E-state index in [1.54, 1.807) is 0 Å². The van der Waals surface area contributed by atoms with Crippen LogP contribution in [-0.4, -0.2) is 18.0 Å². The Morgan fingerprint density at radius 2 is 1.79 bits per heavy atom. The van der Waals surface area contributed by atoms with E-state index in [1.807, 2.05) is 12.1 Å². The van der Waals surface area contributed by atoms with Crippen molar-refractivity contribution in [2.75, 3.05) is 6.54 Å². The first-order valence-corrected chi connectivity index (χ1v) is 6.85. The molecule has 5 N–H and O–H groups in total. The van der Waals surface area contributed by atoms with Crippen molar-refractivity contribution in [2.45, 2.75) is 44.2 Å². The monoisotopic (exact) mass is 261 g/mol. The predicted octanol–water partition coefficient (Wildman–Crippen LogP) is 1.42. The summed E-state index contributed by atoms with van der Waals surface area (Å²) in [6, 6.07) is 8.05. The van der Waals surface area contributed by atoms with E-state index in [9.17, 15) is 4.79 Å². The Hall–Kier alpha value is -1.39. The van der Waals surface area contributed by atoms with Crippen LogP contribution < -0.4 is 16.8 Å². The van der Waals surface area contributed by atoms with Gasteiger partial charge in [0.05, 0.1) is 5.54 Å². The van der Waals surface area contributed by atoms with Crippen molar-refractivity contribution in [3.8, 4) is 0 Å². The fraction of sp³-hybridized carbons (Fsp3) is 0.533. The first-order valence-electron chi connectivity index (χ1n) is 6.85. The Morgan fingerprint density at radius 1 is 1.26 bits per heavy atom. The molecule has 0 saturated heterocycles. The minimum atomic E-state index is -0.624. The van der Waals surface area contributed by atoms with E-state index in [1.165, 1.54) is 5.56 Å². The zero-order chi connectivity index (χ0) is 14.0. The first-order chi connectivity index (χ1) is 8.92. The second-order valence-electron chi connectivity index (χ2n) is 5.79. The van der Waals surface area contributed by atoms with Gasteiger partial charge in [-0.2, -0.15) is 0 Å². The highest BCUT2D eigenvalue weighted by Gasteiger charge is 2.45. The topological polar surface area (TPSA) is 81.1 Å². The minimum absolute atomic E-state index is 0.0817. The van der Waals surface area contributed by atoms with Crippen molar-refractivity contribution in [2.24, 2.45) is 11.5 Å². The van der Waals surface area contributed by atoms with Crippen LogP contribution in [0.4, 0.5) is 0 Å². The highest BCUT2D eigenvalue weighted by atomic mass is 16.2. The average molecular weight is 261 g/mol. The maximum Gasteiger partial charge on any atom is 0.240 e. The van der Waals surface area contributed by atoms with Crippen molar-refractivity contribution in [1.82, 2.24) is 5.32 Å². The van der Waals surface area contributed by atoms with Gasteiger partial charge in [-0.15, -0.1) is 0 Å². The van der Waals surface area contributed by atoms with Crippen LogP contribution in [0.3, 0.4) is 0 Å². The summed E-state index contributed by atoms with van der Waals surface area (Å²) in [5, 5.41) is 2.83. The zero-order valence-electron chi connectivity index (χ0n) is 11.6. The highest BCUT2D eigenvalue weighted by Crippen LogP contribution is 2.32. The third kappa shape index (κ3) is 3.33. The van der Waals surface area contributed by atoms with Gasteiger partial charge in [0.15, 0.2) is 0 Å². The number of hydrogen-bond acceptors (Lipinski definition) is 3. The number of amides is 1. The molecule has 19 heavy (non-hydrogen) atoms. The van der Waals surface area contributed by atoms with Gasteiger partial charge < -0.3 is 16.8 Å². The number of hydrogen-bond donors (Lipinski definition) is 3. The Balaban J connectivity index is 1.88. The van der Waals surface area contributed by atoms with Crippen LogP contribution in [0.25, 0.3) is 0 Å². The third-order valence-corrected chi connectivity index (χ3v) is 3.75.